The summed E-state index contributed by atoms with van der Waals surface area (Å²) in [6, 6.07) is 0. The van der Waals surface area contributed by atoms with E-state index in [1.165, 1.54) is 25.7 Å². The van der Waals surface area contributed by atoms with Gasteiger partial charge in [0.2, 0.25) is 5.91 Å². The fourth-order valence-corrected chi connectivity index (χ4v) is 3.24. The lowest BCUT2D eigenvalue weighted by molar-refractivity contribution is -0.147. The van der Waals surface area contributed by atoms with Gasteiger partial charge in [0, 0.05) is 19.5 Å². The summed E-state index contributed by atoms with van der Waals surface area (Å²) in [5.41, 5.74) is 0. The Bertz CT molecular complexity index is 329. The average molecular weight is 253 g/mol. The molecule has 1 N–H and O–H groups in total. The molecule has 102 valence electrons. The van der Waals surface area contributed by atoms with Crippen LogP contribution in [0.1, 0.15) is 45.4 Å². The Labute approximate surface area is 108 Å². The van der Waals surface area contributed by atoms with Crippen molar-refractivity contribution in [3.63, 3.8) is 0 Å². The summed E-state index contributed by atoms with van der Waals surface area (Å²) < 4.78 is 0. The second-order valence-electron chi connectivity index (χ2n) is 5.89. The molecule has 1 aliphatic carbocycles. The molecular formula is C14H23NO3. The number of nitrogens with zero attached hydrogens (tertiary/aromatic N) is 1. The van der Waals surface area contributed by atoms with Crippen LogP contribution in [0, 0.1) is 17.8 Å². The Morgan fingerprint density at radius 2 is 2.06 bits per heavy atom. The molecule has 2 fully saturated rings. The first-order valence-electron chi connectivity index (χ1n) is 7.08. The van der Waals surface area contributed by atoms with E-state index in [0.29, 0.717) is 31.2 Å². The number of carboxylic acids is 1. The van der Waals surface area contributed by atoms with Crippen molar-refractivity contribution in [1.82, 2.24) is 4.90 Å². The van der Waals surface area contributed by atoms with Crippen LogP contribution in [-0.2, 0) is 9.59 Å². The zero-order valence-corrected chi connectivity index (χ0v) is 11.1. The molecule has 2 rings (SSSR count). The summed E-state index contributed by atoms with van der Waals surface area (Å²) in [6.07, 6.45) is 5.88. The number of piperidine rings is 1. The number of likely N-dealkylation sites (tertiary alicyclic amines) is 1. The predicted molar refractivity (Wildman–Crippen MR) is 68.1 cm³/mol. The normalized spacial score (nSPS) is 33.5. The van der Waals surface area contributed by atoms with Crippen LogP contribution in [0.5, 0.6) is 0 Å². The number of carboxylic acid groups (broad SMARTS) is 1. The molecule has 1 amide bonds. The van der Waals surface area contributed by atoms with E-state index in [1.807, 2.05) is 0 Å². The largest absolute Gasteiger partial charge is 0.481 e. The minimum Gasteiger partial charge on any atom is -0.481 e. The smallest absolute Gasteiger partial charge is 0.308 e. The zero-order valence-electron chi connectivity index (χ0n) is 11.1. The maximum atomic E-state index is 11.9. The van der Waals surface area contributed by atoms with Gasteiger partial charge in [-0.2, -0.15) is 0 Å². The molecule has 3 unspecified atom stereocenters. The summed E-state index contributed by atoms with van der Waals surface area (Å²) in [4.78, 5) is 24.7. The minimum absolute atomic E-state index is 0.144. The SMILES string of the molecule is CC1CCCCC1CN1CC(C(=O)O)CCC1=O. The van der Waals surface area contributed by atoms with E-state index in [1.54, 1.807) is 4.90 Å². The maximum Gasteiger partial charge on any atom is 0.308 e. The highest BCUT2D eigenvalue weighted by molar-refractivity contribution is 5.80. The lowest BCUT2D eigenvalue weighted by Gasteiger charge is -2.37. The number of hydrogen-bond donors (Lipinski definition) is 1. The fourth-order valence-electron chi connectivity index (χ4n) is 3.24. The van der Waals surface area contributed by atoms with Crippen molar-refractivity contribution in [2.45, 2.75) is 45.4 Å². The Morgan fingerprint density at radius 3 is 2.72 bits per heavy atom. The molecule has 0 spiro atoms. The van der Waals surface area contributed by atoms with Gasteiger partial charge in [-0.05, 0) is 24.7 Å². The Hall–Kier alpha value is -1.06. The number of carbonyl (C=O) groups excluding carboxylic acids is 1. The number of aliphatic carboxylic acids is 1. The Balaban J connectivity index is 1.93. The number of amides is 1. The quantitative estimate of drug-likeness (QED) is 0.838. The van der Waals surface area contributed by atoms with Gasteiger partial charge in [-0.3, -0.25) is 9.59 Å². The van der Waals surface area contributed by atoms with Gasteiger partial charge in [0.1, 0.15) is 0 Å². The second kappa shape index (κ2) is 5.72. The molecule has 0 aromatic carbocycles. The van der Waals surface area contributed by atoms with Gasteiger partial charge in [-0.25, -0.2) is 0 Å². The molecule has 4 heteroatoms. The molecule has 2 aliphatic rings. The van der Waals surface area contributed by atoms with Crippen LogP contribution in [0.3, 0.4) is 0 Å². The van der Waals surface area contributed by atoms with E-state index in [2.05, 4.69) is 6.92 Å². The highest BCUT2D eigenvalue weighted by Crippen LogP contribution is 2.31. The fraction of sp³-hybridized carbons (Fsp3) is 0.857. The van der Waals surface area contributed by atoms with Gasteiger partial charge in [-0.15, -0.1) is 0 Å². The van der Waals surface area contributed by atoms with E-state index < -0.39 is 5.97 Å². The standard InChI is InChI=1S/C14H23NO3/c1-10-4-2-3-5-11(10)8-15-9-12(14(17)18)6-7-13(15)16/h10-12H,2-9H2,1H3,(H,17,18). The number of rotatable bonds is 3. The first-order chi connectivity index (χ1) is 8.58. The molecule has 0 radical (unpaired) electrons. The highest BCUT2D eigenvalue weighted by atomic mass is 16.4. The third kappa shape index (κ3) is 3.03. The summed E-state index contributed by atoms with van der Waals surface area (Å²) in [5.74, 6) is 0.253. The van der Waals surface area contributed by atoms with Gasteiger partial charge in [0.25, 0.3) is 0 Å². The van der Waals surface area contributed by atoms with Crippen LogP contribution in [0.15, 0.2) is 0 Å². The van der Waals surface area contributed by atoms with Crippen molar-refractivity contribution in [1.29, 1.82) is 0 Å². The van der Waals surface area contributed by atoms with Crippen molar-refractivity contribution in [2.75, 3.05) is 13.1 Å². The predicted octanol–water partition coefficient (Wildman–Crippen LogP) is 2.14. The van der Waals surface area contributed by atoms with Gasteiger partial charge in [-0.1, -0.05) is 26.2 Å². The van der Waals surface area contributed by atoms with Crippen LogP contribution in [0.4, 0.5) is 0 Å². The molecular weight excluding hydrogens is 230 g/mol. The number of carbonyl (C=O) groups is 2. The molecule has 1 saturated heterocycles. The lowest BCUT2D eigenvalue weighted by atomic mass is 9.80. The van der Waals surface area contributed by atoms with E-state index in [-0.39, 0.29) is 11.8 Å². The molecule has 0 aromatic heterocycles. The van der Waals surface area contributed by atoms with Crippen LogP contribution in [0.25, 0.3) is 0 Å². The van der Waals surface area contributed by atoms with E-state index >= 15 is 0 Å². The first-order valence-corrected chi connectivity index (χ1v) is 7.08. The summed E-state index contributed by atoms with van der Waals surface area (Å²) in [5, 5.41) is 9.06. The van der Waals surface area contributed by atoms with E-state index in [0.717, 1.165) is 6.54 Å². The second-order valence-corrected chi connectivity index (χ2v) is 5.89. The van der Waals surface area contributed by atoms with Gasteiger partial charge < -0.3 is 10.0 Å². The molecule has 0 bridgehead atoms. The van der Waals surface area contributed by atoms with E-state index in [4.69, 9.17) is 5.11 Å². The third-order valence-corrected chi connectivity index (χ3v) is 4.59. The van der Waals surface area contributed by atoms with Crippen molar-refractivity contribution in [3.05, 3.63) is 0 Å². The van der Waals surface area contributed by atoms with Crippen LogP contribution >= 0.6 is 0 Å². The van der Waals surface area contributed by atoms with Crippen LogP contribution < -0.4 is 0 Å². The lowest BCUT2D eigenvalue weighted by Crippen LogP contribution is -2.45. The van der Waals surface area contributed by atoms with Crippen LogP contribution in [-0.4, -0.2) is 35.0 Å². The van der Waals surface area contributed by atoms with Crippen LogP contribution in [0.2, 0.25) is 0 Å². The molecule has 1 aliphatic heterocycles. The molecule has 4 nitrogen and oxygen atoms in total. The minimum atomic E-state index is -0.760. The zero-order chi connectivity index (χ0) is 13.1. The molecule has 0 aromatic rings. The molecule has 18 heavy (non-hydrogen) atoms. The highest BCUT2D eigenvalue weighted by Gasteiger charge is 2.32. The Kier molecular flexibility index (Phi) is 4.25. The van der Waals surface area contributed by atoms with Crippen molar-refractivity contribution in [2.24, 2.45) is 17.8 Å². The molecule has 3 atom stereocenters. The average Bonchev–Trinajstić information content (AvgIpc) is 2.34. The third-order valence-electron chi connectivity index (χ3n) is 4.59. The number of hydrogen-bond acceptors (Lipinski definition) is 2. The van der Waals surface area contributed by atoms with Crippen molar-refractivity contribution < 1.29 is 14.7 Å². The molecule has 1 heterocycles. The topological polar surface area (TPSA) is 57.6 Å². The van der Waals surface area contributed by atoms with E-state index in [9.17, 15) is 9.59 Å². The summed E-state index contributed by atoms with van der Waals surface area (Å²) in [6.45, 7) is 3.44. The summed E-state index contributed by atoms with van der Waals surface area (Å²) in [7, 11) is 0. The van der Waals surface area contributed by atoms with Gasteiger partial charge in [0.15, 0.2) is 0 Å². The van der Waals surface area contributed by atoms with Gasteiger partial charge in [0.05, 0.1) is 5.92 Å². The Morgan fingerprint density at radius 1 is 1.33 bits per heavy atom. The monoisotopic (exact) mass is 253 g/mol. The summed E-state index contributed by atoms with van der Waals surface area (Å²) >= 11 is 0. The molecule has 1 saturated carbocycles. The maximum absolute atomic E-state index is 11.9. The first kappa shape index (κ1) is 13.4. The van der Waals surface area contributed by atoms with Crippen molar-refractivity contribution >= 4 is 11.9 Å². The van der Waals surface area contributed by atoms with Crippen molar-refractivity contribution in [3.8, 4) is 0 Å². The van der Waals surface area contributed by atoms with Gasteiger partial charge >= 0.3 is 5.97 Å².